The monoisotopic (exact) mass is 1080 g/mol. The summed E-state index contributed by atoms with van der Waals surface area (Å²) in [6.45, 7) is 34.1. The molecule has 0 atom stereocenters. The third-order valence-electron chi connectivity index (χ3n) is 11.7. The topological polar surface area (TPSA) is 135 Å². The molecule has 0 amide bonds. The van der Waals surface area contributed by atoms with Crippen LogP contribution in [-0.2, 0) is 32.1 Å². The Balaban J connectivity index is 0. The second-order valence-electron chi connectivity index (χ2n) is 17.6. The van der Waals surface area contributed by atoms with Gasteiger partial charge in [0.2, 0.25) is 0 Å². The number of aromatic nitrogens is 6. The van der Waals surface area contributed by atoms with Crippen molar-refractivity contribution >= 4 is 22.5 Å². The molecule has 10 heteroatoms. The number of nitrogens with zero attached hydrogens (tertiary/aromatic N) is 6. The molecule has 1 aliphatic rings. The van der Waals surface area contributed by atoms with Gasteiger partial charge in [-0.3, -0.25) is 25.1 Å². The van der Waals surface area contributed by atoms with Crippen LogP contribution in [0, 0.1) is 23.0 Å². The summed E-state index contributed by atoms with van der Waals surface area (Å²) in [6, 6.07) is 46.2. The van der Waals surface area contributed by atoms with E-state index in [1.54, 1.807) is 12.3 Å². The number of nitro groups is 1. The quantitative estimate of drug-likeness (QED) is 0.102. The van der Waals surface area contributed by atoms with Gasteiger partial charge < -0.3 is 10.3 Å². The van der Waals surface area contributed by atoms with Crippen molar-refractivity contribution in [1.82, 2.24) is 29.9 Å². The molecule has 79 heavy (non-hydrogen) atoms. The Hall–Kier alpha value is -7.07. The molecule has 0 radical (unpaired) electrons. The van der Waals surface area contributed by atoms with Crippen LogP contribution in [0.5, 0.6) is 0 Å². The number of fused-ring (bicyclic) bond motifs is 1. The van der Waals surface area contributed by atoms with Crippen LogP contribution in [0.15, 0.2) is 171 Å². The Morgan fingerprint density at radius 1 is 0.570 bits per heavy atom. The smallest absolute Gasteiger partial charge is 0.287 e. The van der Waals surface area contributed by atoms with Crippen LogP contribution in [0.25, 0.3) is 11.0 Å². The molecule has 1 fully saturated rings. The molecule has 8 aromatic rings. The molecule has 0 spiro atoms. The van der Waals surface area contributed by atoms with Gasteiger partial charge in [0.1, 0.15) is 17.8 Å². The first-order valence-corrected chi connectivity index (χ1v) is 29.6. The number of hydrogen-bond acceptors (Lipinski definition) is 8. The fourth-order valence-corrected chi connectivity index (χ4v) is 7.03. The van der Waals surface area contributed by atoms with Gasteiger partial charge in [0.15, 0.2) is 0 Å². The second-order valence-corrected chi connectivity index (χ2v) is 17.6. The van der Waals surface area contributed by atoms with Crippen molar-refractivity contribution in [2.24, 2.45) is 5.92 Å². The van der Waals surface area contributed by atoms with Crippen molar-refractivity contribution in [2.75, 3.05) is 11.9 Å². The normalized spacial score (nSPS) is 10.5. The summed E-state index contributed by atoms with van der Waals surface area (Å²) < 4.78 is 0. The molecule has 5 heterocycles. The molecule has 432 valence electrons. The van der Waals surface area contributed by atoms with E-state index in [4.69, 9.17) is 0 Å². The lowest BCUT2D eigenvalue weighted by atomic mass is 9.88. The number of anilines is 1. The summed E-state index contributed by atoms with van der Waals surface area (Å²) in [5, 5.41) is 13.2. The van der Waals surface area contributed by atoms with Gasteiger partial charge in [0.05, 0.1) is 16.0 Å². The van der Waals surface area contributed by atoms with E-state index in [2.05, 4.69) is 152 Å². The van der Waals surface area contributed by atoms with Crippen LogP contribution in [0.3, 0.4) is 0 Å². The minimum Gasteiger partial charge on any atom is -0.370 e. The lowest BCUT2D eigenvalue weighted by Crippen LogP contribution is -2.03. The van der Waals surface area contributed by atoms with Crippen molar-refractivity contribution in [1.29, 1.82) is 0 Å². The first-order chi connectivity index (χ1) is 38.5. The van der Waals surface area contributed by atoms with E-state index in [1.807, 2.05) is 140 Å². The Labute approximate surface area is 480 Å². The number of nitrogens with one attached hydrogen (secondary N) is 2. The van der Waals surface area contributed by atoms with Gasteiger partial charge in [-0.2, -0.15) is 0 Å². The third kappa shape index (κ3) is 37.4. The first-order valence-electron chi connectivity index (χ1n) is 29.6. The summed E-state index contributed by atoms with van der Waals surface area (Å²) in [6.07, 6.45) is 22.7. The van der Waals surface area contributed by atoms with Crippen molar-refractivity contribution in [3.8, 4) is 0 Å². The highest BCUT2D eigenvalue weighted by molar-refractivity contribution is 5.74. The zero-order valence-electron chi connectivity index (χ0n) is 51.8. The van der Waals surface area contributed by atoms with Gasteiger partial charge in [0.25, 0.3) is 5.69 Å². The first kappa shape index (κ1) is 74.0. The molecule has 1 saturated carbocycles. The summed E-state index contributed by atoms with van der Waals surface area (Å²) in [5.41, 5.74) is 9.99. The number of aryl methyl sites for hydroxylation is 6. The van der Waals surface area contributed by atoms with E-state index < -0.39 is 4.92 Å². The predicted octanol–water partition coefficient (Wildman–Crippen LogP) is 19.9. The lowest BCUT2D eigenvalue weighted by molar-refractivity contribution is -0.385. The van der Waals surface area contributed by atoms with Crippen LogP contribution >= 0.6 is 0 Å². The summed E-state index contributed by atoms with van der Waals surface area (Å²) in [7, 11) is 0. The number of para-hydroxylation sites is 2. The van der Waals surface area contributed by atoms with E-state index in [0.29, 0.717) is 11.7 Å². The van der Waals surface area contributed by atoms with Crippen LogP contribution in [0.2, 0.25) is 0 Å². The van der Waals surface area contributed by atoms with Gasteiger partial charge in [-0.05, 0) is 117 Å². The van der Waals surface area contributed by atoms with Gasteiger partial charge in [-0.15, -0.1) is 0 Å². The molecule has 3 aromatic carbocycles. The zero-order chi connectivity index (χ0) is 59.3. The zero-order valence-corrected chi connectivity index (χ0v) is 51.8. The average molecular weight is 1080 g/mol. The minimum atomic E-state index is -0.470. The Morgan fingerprint density at radius 2 is 1.13 bits per heavy atom. The largest absolute Gasteiger partial charge is 0.370 e. The van der Waals surface area contributed by atoms with Gasteiger partial charge in [-0.25, -0.2) is 9.97 Å². The maximum atomic E-state index is 10.2. The van der Waals surface area contributed by atoms with E-state index in [-0.39, 0.29) is 5.69 Å². The highest BCUT2D eigenvalue weighted by Crippen LogP contribution is 2.25. The van der Waals surface area contributed by atoms with Crippen LogP contribution in [-0.4, -0.2) is 41.4 Å². The second kappa shape index (κ2) is 51.7. The SMILES string of the molecule is CC.CC.CC.CC(C)c1ccccc1.CCC1CCCCC1.CCNc1ccc([N+](=O)[O-])cn1.CCc1ccc(C)cc1.CCc1ccccn1.CCc1ccccn1.CCc1cccnc1.CCc1nc2ccccc2[nH]1. The Morgan fingerprint density at radius 3 is 1.49 bits per heavy atom. The Bertz CT molecular complexity index is 2390. The molecule has 0 bridgehead atoms. The van der Waals surface area contributed by atoms with Crippen molar-refractivity contribution in [3.05, 3.63) is 220 Å². The molecule has 9 rings (SSSR count). The van der Waals surface area contributed by atoms with E-state index >= 15 is 0 Å². The number of rotatable bonds is 10. The van der Waals surface area contributed by atoms with Crippen LogP contribution < -0.4 is 5.32 Å². The molecule has 0 unspecified atom stereocenters. The maximum Gasteiger partial charge on any atom is 0.287 e. The van der Waals surface area contributed by atoms with Gasteiger partial charge in [0, 0.05) is 55.2 Å². The molecular weight excluding hydrogens is 973 g/mol. The number of H-pyrrole nitrogens is 1. The fraction of sp³-hybridized carbons (Fsp3) is 0.435. The minimum absolute atomic E-state index is 0.0108. The summed E-state index contributed by atoms with van der Waals surface area (Å²) in [4.78, 5) is 33.3. The predicted molar refractivity (Wildman–Crippen MR) is 343 cm³/mol. The third-order valence-corrected chi connectivity index (χ3v) is 11.7. The molecule has 0 aliphatic heterocycles. The standard InChI is InChI=1S/C9H10N2.2C9H12.C8H16.C7H9N3O2.3C7H9N.3C2H6/c1-2-9-10-7-5-3-4-6-8(7)11-9;1-8(2)9-6-4-3-5-7-9;1-3-9-6-4-8(2)5-7-9;1-2-8-6-4-3-5-7-8;1-2-8-7-4-3-6(5-9-7)10(11)12;1-2-7-4-3-5-8-6-7;2*1-2-7-5-3-4-6-8-7;3*1-2/h3-6H,2H2,1H3,(H,10,11);3-8H,1-2H3;4-7H,3H2,1-2H3;8H,2-7H2,1H3;3-5H,2H2,1H3,(H,8,9);3*3-6H,2H2,1H3;3*1-2H3. The van der Waals surface area contributed by atoms with Gasteiger partial charge >= 0.3 is 0 Å². The number of aromatic amines is 1. The molecule has 5 aromatic heterocycles. The fourth-order valence-electron chi connectivity index (χ4n) is 7.03. The molecular formula is C69H104N8O2. The number of hydrogen-bond donors (Lipinski definition) is 2. The highest BCUT2D eigenvalue weighted by Gasteiger charge is 2.09. The van der Waals surface area contributed by atoms with Crippen molar-refractivity contribution in [3.63, 3.8) is 0 Å². The molecule has 10 nitrogen and oxygen atoms in total. The highest BCUT2D eigenvalue weighted by atomic mass is 16.6. The van der Waals surface area contributed by atoms with Crippen molar-refractivity contribution < 1.29 is 4.92 Å². The lowest BCUT2D eigenvalue weighted by Gasteiger charge is -2.18. The Kier molecular flexibility index (Phi) is 48.4. The van der Waals surface area contributed by atoms with Crippen LogP contribution in [0.1, 0.15) is 188 Å². The van der Waals surface area contributed by atoms with E-state index in [1.165, 1.54) is 73.0 Å². The van der Waals surface area contributed by atoms with E-state index in [0.717, 1.165) is 72.8 Å². The average Bonchev–Trinajstić information content (AvgIpc) is 3.97. The summed E-state index contributed by atoms with van der Waals surface area (Å²) >= 11 is 0. The number of benzene rings is 3. The molecule has 0 saturated heterocycles. The maximum absolute atomic E-state index is 10.2. The van der Waals surface area contributed by atoms with E-state index in [9.17, 15) is 10.1 Å². The molecule has 1 aliphatic carbocycles. The van der Waals surface area contributed by atoms with Gasteiger partial charge in [-0.1, -0.05) is 226 Å². The van der Waals surface area contributed by atoms with Crippen molar-refractivity contribution in [2.45, 2.75) is 187 Å². The summed E-state index contributed by atoms with van der Waals surface area (Å²) in [5.74, 6) is 3.46. The number of pyridine rings is 4. The molecule has 2 N–H and O–H groups in total. The number of imidazole rings is 1. The van der Waals surface area contributed by atoms with Crippen LogP contribution in [0.4, 0.5) is 11.5 Å².